The Morgan fingerprint density at radius 2 is 1.89 bits per heavy atom. The first kappa shape index (κ1) is 30.8. The lowest BCUT2D eigenvalue weighted by Crippen LogP contribution is -2.66. The molecule has 0 spiro atoms. The Kier molecular flexibility index (Phi) is 7.13. The first-order valence-corrected chi connectivity index (χ1v) is 13.7. The summed E-state index contributed by atoms with van der Waals surface area (Å²) in [6.45, 7) is 1.47. The average Bonchev–Trinajstić information content (AvgIpc) is 3.26. The highest BCUT2D eigenvalue weighted by Gasteiger charge is 2.57. The van der Waals surface area contributed by atoms with Crippen molar-refractivity contribution >= 4 is 28.4 Å². The van der Waals surface area contributed by atoms with Crippen LogP contribution in [0.5, 0.6) is 11.9 Å². The van der Waals surface area contributed by atoms with Crippen LogP contribution in [-0.2, 0) is 11.0 Å². The number of alkyl halides is 6. The molecule has 0 saturated carbocycles. The van der Waals surface area contributed by atoms with Crippen molar-refractivity contribution in [1.82, 2.24) is 20.3 Å². The molecule has 6 rings (SSSR count). The highest BCUT2D eigenvalue weighted by Crippen LogP contribution is 2.48. The minimum Gasteiger partial charge on any atom is -0.481 e. The van der Waals surface area contributed by atoms with Crippen LogP contribution in [-0.4, -0.2) is 69.6 Å². The summed E-state index contributed by atoms with van der Waals surface area (Å²) in [4.78, 5) is 24.6. The number of carboxylic acids is 1. The number of benzene rings is 1. The SMILES string of the molecule is Cc1c(F)c(N)cc(-c2nc3c4c(nc(OC[C@@H](C)C(=O)O)nc4c2F)N2C[C@H]4CC[C@H](N4)[C@H]2[C@H](C(F)(F)F)O3)c1C(F)(F)F. The highest BCUT2D eigenvalue weighted by molar-refractivity contribution is 5.97. The van der Waals surface area contributed by atoms with Gasteiger partial charge in [0.1, 0.15) is 34.8 Å². The Labute approximate surface area is 248 Å². The fourth-order valence-corrected chi connectivity index (χ4v) is 6.17. The molecule has 0 radical (unpaired) electrons. The number of piperazine rings is 1. The molecular formula is C27H24F8N6O4. The number of aromatic nitrogens is 3. The number of pyridine rings is 1. The van der Waals surface area contributed by atoms with Crippen molar-refractivity contribution in [2.75, 3.05) is 23.8 Å². The number of ether oxygens (including phenoxy) is 2. The maximum atomic E-state index is 16.5. The zero-order valence-corrected chi connectivity index (χ0v) is 23.4. The molecule has 0 amide bonds. The molecule has 3 aromatic rings. The molecule has 0 aliphatic carbocycles. The van der Waals surface area contributed by atoms with Gasteiger partial charge in [0.25, 0.3) is 0 Å². The summed E-state index contributed by atoms with van der Waals surface area (Å²) in [6, 6.07) is -2.68. The van der Waals surface area contributed by atoms with Crippen molar-refractivity contribution in [3.63, 3.8) is 0 Å². The number of hydrogen-bond donors (Lipinski definition) is 3. The second kappa shape index (κ2) is 10.4. The Bertz CT molecular complexity index is 1720. The van der Waals surface area contributed by atoms with Gasteiger partial charge in [-0.1, -0.05) is 0 Å². The lowest BCUT2D eigenvalue weighted by molar-refractivity contribution is -0.203. The first-order chi connectivity index (χ1) is 21.0. The van der Waals surface area contributed by atoms with E-state index in [1.807, 2.05) is 0 Å². The van der Waals surface area contributed by atoms with Gasteiger partial charge in [0, 0.05) is 24.2 Å². The van der Waals surface area contributed by atoms with E-state index in [4.69, 9.17) is 15.2 Å². The van der Waals surface area contributed by atoms with Gasteiger partial charge in [0.15, 0.2) is 5.82 Å². The lowest BCUT2D eigenvalue weighted by atomic mass is 9.96. The summed E-state index contributed by atoms with van der Waals surface area (Å²) in [6.07, 6.45) is -12.1. The third-order valence-electron chi connectivity index (χ3n) is 8.27. The van der Waals surface area contributed by atoms with Crippen LogP contribution in [0, 0.1) is 24.5 Å². The van der Waals surface area contributed by atoms with E-state index in [1.165, 1.54) is 11.8 Å². The van der Waals surface area contributed by atoms with Crippen LogP contribution in [0.25, 0.3) is 22.2 Å². The monoisotopic (exact) mass is 648 g/mol. The van der Waals surface area contributed by atoms with Crippen LogP contribution in [0.1, 0.15) is 30.9 Å². The van der Waals surface area contributed by atoms with Crippen LogP contribution < -0.4 is 25.4 Å². The summed E-state index contributed by atoms with van der Waals surface area (Å²) in [5.41, 5.74) is -0.885. The molecule has 2 fully saturated rings. The molecule has 242 valence electrons. The normalized spacial score (nSPS) is 23.4. The van der Waals surface area contributed by atoms with Crippen LogP contribution in [0.3, 0.4) is 0 Å². The average molecular weight is 649 g/mol. The number of carboxylic acid groups (broad SMARTS) is 1. The zero-order valence-electron chi connectivity index (χ0n) is 23.4. The van der Waals surface area contributed by atoms with Gasteiger partial charge in [-0.15, -0.1) is 0 Å². The van der Waals surface area contributed by atoms with E-state index in [9.17, 15) is 40.6 Å². The summed E-state index contributed by atoms with van der Waals surface area (Å²) in [5.74, 6) is -6.54. The summed E-state index contributed by atoms with van der Waals surface area (Å²) >= 11 is 0. The highest BCUT2D eigenvalue weighted by atomic mass is 19.4. The predicted octanol–water partition coefficient (Wildman–Crippen LogP) is 4.61. The van der Waals surface area contributed by atoms with Gasteiger partial charge in [-0.2, -0.15) is 36.3 Å². The molecular weight excluding hydrogens is 624 g/mol. The summed E-state index contributed by atoms with van der Waals surface area (Å²) < 4.78 is 129. The Morgan fingerprint density at radius 1 is 1.18 bits per heavy atom. The minimum atomic E-state index is -5.27. The van der Waals surface area contributed by atoms with Gasteiger partial charge in [0.2, 0.25) is 12.0 Å². The maximum absolute atomic E-state index is 16.5. The number of carbonyl (C=O) groups is 1. The van der Waals surface area contributed by atoms with Crippen LogP contribution in [0.4, 0.5) is 46.6 Å². The van der Waals surface area contributed by atoms with E-state index in [0.717, 1.165) is 6.92 Å². The largest absolute Gasteiger partial charge is 0.481 e. The number of fused-ring (bicyclic) bond motifs is 5. The number of hydrogen-bond acceptors (Lipinski definition) is 9. The molecule has 45 heavy (non-hydrogen) atoms. The molecule has 10 nitrogen and oxygen atoms in total. The molecule has 2 bridgehead atoms. The van der Waals surface area contributed by atoms with Gasteiger partial charge in [-0.05, 0) is 38.3 Å². The molecule has 0 unspecified atom stereocenters. The maximum Gasteiger partial charge on any atom is 0.427 e. The third kappa shape index (κ3) is 5.07. The van der Waals surface area contributed by atoms with E-state index in [1.54, 1.807) is 0 Å². The topological polar surface area (TPSA) is 136 Å². The molecule has 3 aliphatic heterocycles. The fourth-order valence-electron chi connectivity index (χ4n) is 6.17. The van der Waals surface area contributed by atoms with E-state index < -0.39 is 112 Å². The summed E-state index contributed by atoms with van der Waals surface area (Å²) in [5, 5.41) is 11.9. The molecule has 3 aliphatic rings. The van der Waals surface area contributed by atoms with Gasteiger partial charge in [-0.3, -0.25) is 4.79 Å². The molecule has 18 heteroatoms. The molecule has 5 atom stereocenters. The third-order valence-corrected chi connectivity index (χ3v) is 8.27. The van der Waals surface area contributed by atoms with Crippen LogP contribution in [0.15, 0.2) is 6.07 Å². The van der Waals surface area contributed by atoms with Gasteiger partial charge >= 0.3 is 24.3 Å². The number of aliphatic carboxylic acids is 1. The summed E-state index contributed by atoms with van der Waals surface area (Å²) in [7, 11) is 0. The number of nitrogens with one attached hydrogen (secondary N) is 1. The van der Waals surface area contributed by atoms with E-state index >= 15 is 4.39 Å². The van der Waals surface area contributed by atoms with Gasteiger partial charge < -0.3 is 30.5 Å². The Hall–Kier alpha value is -4.22. The second-order valence-corrected chi connectivity index (χ2v) is 11.3. The van der Waals surface area contributed by atoms with Crippen LogP contribution in [0.2, 0.25) is 0 Å². The van der Waals surface area contributed by atoms with Crippen molar-refractivity contribution < 1.29 is 54.5 Å². The number of nitrogens with two attached hydrogens (primary N) is 1. The van der Waals surface area contributed by atoms with E-state index in [2.05, 4.69) is 20.3 Å². The molecule has 2 aromatic heterocycles. The Balaban J connectivity index is 1.66. The second-order valence-electron chi connectivity index (χ2n) is 11.3. The fraction of sp³-hybridized carbons (Fsp3) is 0.481. The predicted molar refractivity (Wildman–Crippen MR) is 141 cm³/mol. The molecule has 2 saturated heterocycles. The number of nitrogen functional groups attached to an aromatic ring is 1. The van der Waals surface area contributed by atoms with Crippen LogP contribution >= 0.6 is 0 Å². The molecule has 4 N–H and O–H groups in total. The number of halogens is 8. The minimum absolute atomic E-state index is 0.0388. The zero-order chi connectivity index (χ0) is 32.7. The lowest BCUT2D eigenvalue weighted by Gasteiger charge is -2.43. The van der Waals surface area contributed by atoms with Crippen molar-refractivity contribution in [2.24, 2.45) is 5.92 Å². The number of nitrogens with zero attached hydrogens (tertiary/aromatic N) is 4. The van der Waals surface area contributed by atoms with E-state index in [0.29, 0.717) is 18.9 Å². The van der Waals surface area contributed by atoms with Gasteiger partial charge in [0.05, 0.1) is 23.2 Å². The smallest absolute Gasteiger partial charge is 0.427 e. The first-order valence-electron chi connectivity index (χ1n) is 13.7. The number of rotatable bonds is 5. The standard InChI is InChI=1S/C27H24F8N6O4/c1-8(24(42)43)7-44-25-39-19-14-22(40-25)41-6-10-3-4-13(37-10)20(41)21(27(33,34)35)45-23(14)38-18(17(19)29)11-5-12(36)16(28)9(2)15(11)26(30,31)32/h5,8,10,13,20-21,37H,3-4,6-7,36H2,1-2H3,(H,42,43)/t8-,10-,13+,20+,21-/m1/s1. The molecule has 1 aromatic carbocycles. The van der Waals surface area contributed by atoms with Crippen molar-refractivity contribution in [1.29, 1.82) is 0 Å². The van der Waals surface area contributed by atoms with Crippen molar-refractivity contribution in [3.8, 4) is 23.1 Å². The van der Waals surface area contributed by atoms with Gasteiger partial charge in [-0.25, -0.2) is 13.8 Å². The Morgan fingerprint density at radius 3 is 2.53 bits per heavy atom. The van der Waals surface area contributed by atoms with Crippen molar-refractivity contribution in [2.45, 2.75) is 63.3 Å². The number of anilines is 2. The quantitative estimate of drug-likeness (QED) is 0.266. The van der Waals surface area contributed by atoms with Crippen molar-refractivity contribution in [3.05, 3.63) is 28.8 Å². The van der Waals surface area contributed by atoms with E-state index in [-0.39, 0.29) is 18.4 Å². The molecule has 5 heterocycles.